The van der Waals surface area contributed by atoms with E-state index in [9.17, 15) is 0 Å². The molecule has 106 valence electrons. The van der Waals surface area contributed by atoms with E-state index in [4.69, 9.17) is 11.6 Å². The van der Waals surface area contributed by atoms with Gasteiger partial charge in [-0.1, -0.05) is 0 Å². The van der Waals surface area contributed by atoms with E-state index in [2.05, 4.69) is 24.8 Å². The third-order valence-corrected chi connectivity index (χ3v) is 3.58. The van der Waals surface area contributed by atoms with Gasteiger partial charge >= 0.3 is 0 Å². The van der Waals surface area contributed by atoms with Gasteiger partial charge in [-0.3, -0.25) is 4.68 Å². The van der Waals surface area contributed by atoms with Gasteiger partial charge in [0.1, 0.15) is 17.7 Å². The fourth-order valence-corrected chi connectivity index (χ4v) is 2.57. The molecule has 0 radical (unpaired) electrons. The largest absolute Gasteiger partial charge is 0.319 e. The Bertz CT molecular complexity index is 764. The van der Waals surface area contributed by atoms with Crippen molar-refractivity contribution in [1.82, 2.24) is 34.1 Å². The number of rotatable bonds is 3. The van der Waals surface area contributed by atoms with Crippen LogP contribution in [-0.2, 0) is 20.6 Å². The standard InChI is InChI=1S/C12H16ClN7/c1-7(13)11-15-10-8(2)17-19(4)12(10)20(11)5-9-16-14-6-18(9)3/h6-7H,5H2,1-4H3. The van der Waals surface area contributed by atoms with E-state index in [1.807, 2.05) is 37.2 Å². The molecule has 20 heavy (non-hydrogen) atoms. The molecular weight excluding hydrogens is 278 g/mol. The molecule has 3 aromatic rings. The van der Waals surface area contributed by atoms with Crippen LogP contribution < -0.4 is 0 Å². The Balaban J connectivity index is 2.21. The normalized spacial score (nSPS) is 13.2. The quantitative estimate of drug-likeness (QED) is 0.687. The fraction of sp³-hybridized carbons (Fsp3) is 0.500. The fourth-order valence-electron chi connectivity index (χ4n) is 2.40. The van der Waals surface area contributed by atoms with Crippen LogP contribution in [0.5, 0.6) is 0 Å². The summed E-state index contributed by atoms with van der Waals surface area (Å²) in [7, 11) is 3.83. The molecule has 0 bridgehead atoms. The molecule has 0 N–H and O–H groups in total. The summed E-state index contributed by atoms with van der Waals surface area (Å²) >= 11 is 6.27. The van der Waals surface area contributed by atoms with Crippen LogP contribution in [0.3, 0.4) is 0 Å². The third kappa shape index (κ3) is 1.89. The molecule has 0 aliphatic heterocycles. The van der Waals surface area contributed by atoms with Gasteiger partial charge in [0.2, 0.25) is 0 Å². The Morgan fingerprint density at radius 2 is 2.10 bits per heavy atom. The maximum Gasteiger partial charge on any atom is 0.159 e. The van der Waals surface area contributed by atoms with E-state index in [0.29, 0.717) is 6.54 Å². The lowest BCUT2D eigenvalue weighted by Crippen LogP contribution is -2.12. The van der Waals surface area contributed by atoms with Gasteiger partial charge < -0.3 is 9.13 Å². The van der Waals surface area contributed by atoms with Gasteiger partial charge in [0, 0.05) is 14.1 Å². The number of fused-ring (bicyclic) bond motifs is 1. The van der Waals surface area contributed by atoms with Crippen molar-refractivity contribution >= 4 is 22.8 Å². The molecular formula is C12H16ClN7. The summed E-state index contributed by atoms with van der Waals surface area (Å²) in [5.74, 6) is 1.67. The molecule has 0 saturated heterocycles. The molecule has 0 fully saturated rings. The van der Waals surface area contributed by atoms with Crippen molar-refractivity contribution < 1.29 is 0 Å². The monoisotopic (exact) mass is 293 g/mol. The van der Waals surface area contributed by atoms with Gasteiger partial charge in [0.15, 0.2) is 11.5 Å². The minimum Gasteiger partial charge on any atom is -0.319 e. The lowest BCUT2D eigenvalue weighted by molar-refractivity contribution is 0.646. The molecule has 3 aromatic heterocycles. The number of alkyl halides is 1. The summed E-state index contributed by atoms with van der Waals surface area (Å²) < 4.78 is 5.77. The van der Waals surface area contributed by atoms with Gasteiger partial charge in [-0.05, 0) is 13.8 Å². The number of nitrogens with zero attached hydrogens (tertiary/aromatic N) is 7. The van der Waals surface area contributed by atoms with Crippen LogP contribution in [0.4, 0.5) is 0 Å². The average Bonchev–Trinajstić information content (AvgIpc) is 3.01. The van der Waals surface area contributed by atoms with Crippen LogP contribution in [0.25, 0.3) is 11.2 Å². The van der Waals surface area contributed by atoms with Crippen LogP contribution in [0, 0.1) is 6.92 Å². The van der Waals surface area contributed by atoms with Crippen molar-refractivity contribution in [3.05, 3.63) is 23.7 Å². The number of hydrogen-bond acceptors (Lipinski definition) is 4. The molecule has 0 spiro atoms. The molecule has 0 amide bonds. The number of imidazole rings is 1. The maximum atomic E-state index is 6.27. The minimum atomic E-state index is -0.185. The van der Waals surface area contributed by atoms with Crippen molar-refractivity contribution in [2.45, 2.75) is 25.8 Å². The van der Waals surface area contributed by atoms with Crippen molar-refractivity contribution in [2.75, 3.05) is 0 Å². The Morgan fingerprint density at radius 3 is 2.70 bits per heavy atom. The highest BCUT2D eigenvalue weighted by Crippen LogP contribution is 2.26. The Labute approximate surface area is 121 Å². The molecule has 0 aliphatic rings. The van der Waals surface area contributed by atoms with Gasteiger partial charge in [-0.15, -0.1) is 21.8 Å². The predicted molar refractivity (Wildman–Crippen MR) is 75.6 cm³/mol. The molecule has 1 atom stereocenters. The van der Waals surface area contributed by atoms with E-state index in [1.54, 1.807) is 6.33 Å². The minimum absolute atomic E-state index is 0.185. The van der Waals surface area contributed by atoms with E-state index >= 15 is 0 Å². The Morgan fingerprint density at radius 1 is 1.35 bits per heavy atom. The predicted octanol–water partition coefficient (Wildman–Crippen LogP) is 1.55. The molecule has 0 saturated carbocycles. The first-order valence-corrected chi connectivity index (χ1v) is 6.79. The van der Waals surface area contributed by atoms with Crippen LogP contribution >= 0.6 is 11.6 Å². The third-order valence-electron chi connectivity index (χ3n) is 3.38. The summed E-state index contributed by atoms with van der Waals surface area (Å²) in [4.78, 5) is 4.63. The Hall–Kier alpha value is -1.89. The number of hydrogen-bond donors (Lipinski definition) is 0. The molecule has 0 aliphatic carbocycles. The van der Waals surface area contributed by atoms with E-state index in [-0.39, 0.29) is 5.38 Å². The van der Waals surface area contributed by atoms with Gasteiger partial charge in [-0.2, -0.15) is 5.10 Å². The first-order chi connectivity index (χ1) is 9.49. The topological polar surface area (TPSA) is 66.3 Å². The lowest BCUT2D eigenvalue weighted by atomic mass is 10.4. The number of halogens is 1. The summed E-state index contributed by atoms with van der Waals surface area (Å²) in [6, 6.07) is 0. The zero-order valence-electron chi connectivity index (χ0n) is 11.9. The van der Waals surface area contributed by atoms with Crippen molar-refractivity contribution in [3.63, 3.8) is 0 Å². The maximum absolute atomic E-state index is 6.27. The van der Waals surface area contributed by atoms with Gasteiger partial charge in [-0.25, -0.2) is 4.98 Å². The van der Waals surface area contributed by atoms with Crippen LogP contribution in [0.2, 0.25) is 0 Å². The smallest absolute Gasteiger partial charge is 0.159 e. The first-order valence-electron chi connectivity index (χ1n) is 6.35. The molecule has 3 heterocycles. The molecule has 8 heteroatoms. The molecule has 1 unspecified atom stereocenters. The van der Waals surface area contributed by atoms with Crippen molar-refractivity contribution in [2.24, 2.45) is 14.1 Å². The summed E-state index contributed by atoms with van der Waals surface area (Å²) in [5.41, 5.74) is 2.74. The number of aromatic nitrogens is 7. The zero-order chi connectivity index (χ0) is 14.4. The van der Waals surface area contributed by atoms with Crippen LogP contribution in [0.1, 0.15) is 29.6 Å². The van der Waals surface area contributed by atoms with E-state index in [0.717, 1.165) is 28.5 Å². The second-order valence-corrected chi connectivity index (χ2v) is 5.57. The lowest BCUT2D eigenvalue weighted by Gasteiger charge is -2.10. The van der Waals surface area contributed by atoms with Gasteiger partial charge in [0.25, 0.3) is 0 Å². The molecule has 0 aromatic carbocycles. The van der Waals surface area contributed by atoms with Gasteiger partial charge in [0.05, 0.1) is 17.6 Å². The molecule has 7 nitrogen and oxygen atoms in total. The van der Waals surface area contributed by atoms with Crippen molar-refractivity contribution in [1.29, 1.82) is 0 Å². The average molecular weight is 294 g/mol. The van der Waals surface area contributed by atoms with E-state index < -0.39 is 0 Å². The second kappa shape index (κ2) is 4.59. The first kappa shape index (κ1) is 13.1. The van der Waals surface area contributed by atoms with E-state index in [1.165, 1.54) is 0 Å². The van der Waals surface area contributed by atoms with Crippen LogP contribution in [0.15, 0.2) is 6.33 Å². The SMILES string of the molecule is Cc1nn(C)c2c1nc(C(C)Cl)n2Cc1nncn1C. The molecule has 3 rings (SSSR count). The number of aryl methyl sites for hydroxylation is 3. The van der Waals surface area contributed by atoms with Crippen molar-refractivity contribution in [3.8, 4) is 0 Å². The summed E-state index contributed by atoms with van der Waals surface area (Å²) in [6.45, 7) is 4.43. The van der Waals surface area contributed by atoms with Crippen LogP contribution in [-0.4, -0.2) is 34.1 Å². The summed E-state index contributed by atoms with van der Waals surface area (Å²) in [5, 5.41) is 12.3. The highest BCUT2D eigenvalue weighted by Gasteiger charge is 2.21. The highest BCUT2D eigenvalue weighted by atomic mass is 35.5. The second-order valence-electron chi connectivity index (χ2n) is 4.91. The summed E-state index contributed by atoms with van der Waals surface area (Å²) in [6.07, 6.45) is 1.68. The zero-order valence-corrected chi connectivity index (χ0v) is 12.6. The highest BCUT2D eigenvalue weighted by molar-refractivity contribution is 6.20. The Kier molecular flexibility index (Phi) is 3.01.